The molecule has 2 rings (SSSR count). The summed E-state index contributed by atoms with van der Waals surface area (Å²) in [6.45, 7) is -0.00190. The lowest BCUT2D eigenvalue weighted by Crippen LogP contribution is -2.23. The Morgan fingerprint density at radius 2 is 1.68 bits per heavy atom. The quantitative estimate of drug-likeness (QED) is 0.809. The molecule has 0 spiro atoms. The van der Waals surface area contributed by atoms with Gasteiger partial charge in [-0.05, 0) is 24.3 Å². The van der Waals surface area contributed by atoms with Crippen molar-refractivity contribution in [2.75, 3.05) is 17.1 Å². The lowest BCUT2D eigenvalue weighted by Gasteiger charge is -2.11. The van der Waals surface area contributed by atoms with Crippen LogP contribution in [0.4, 0.5) is 5.69 Å². The first-order valence-electron chi connectivity index (χ1n) is 6.55. The Hall–Kier alpha value is -2.54. The molecule has 3 N–H and O–H groups in total. The highest BCUT2D eigenvalue weighted by Gasteiger charge is 2.15. The standard InChI is InChI=1S/C15H16N2O4S/c16-15(18)13-8-4-5-9-14(13)17-22(19,20)11-10-21-12-6-2-1-3-7-12/h1-9,17H,10-11H2,(H2,16,18). The lowest BCUT2D eigenvalue weighted by molar-refractivity contribution is 0.100. The first-order chi connectivity index (χ1) is 10.5. The van der Waals surface area contributed by atoms with Crippen LogP contribution in [0.3, 0.4) is 0 Å². The highest BCUT2D eigenvalue weighted by molar-refractivity contribution is 7.92. The molecule has 0 saturated carbocycles. The number of ether oxygens (including phenoxy) is 1. The van der Waals surface area contributed by atoms with Crippen LogP contribution in [0.1, 0.15) is 10.4 Å². The van der Waals surface area contributed by atoms with Gasteiger partial charge >= 0.3 is 0 Å². The van der Waals surface area contributed by atoms with Crippen molar-refractivity contribution in [2.24, 2.45) is 5.73 Å². The average Bonchev–Trinajstić information content (AvgIpc) is 2.48. The number of carbonyl (C=O) groups is 1. The molecule has 0 aliphatic heterocycles. The molecule has 0 unspecified atom stereocenters. The van der Waals surface area contributed by atoms with Crippen molar-refractivity contribution in [3.63, 3.8) is 0 Å². The summed E-state index contributed by atoms with van der Waals surface area (Å²) in [5, 5.41) is 0. The molecule has 0 aliphatic rings. The van der Waals surface area contributed by atoms with Gasteiger partial charge in [-0.15, -0.1) is 0 Å². The van der Waals surface area contributed by atoms with E-state index in [0.29, 0.717) is 5.75 Å². The maximum Gasteiger partial charge on any atom is 0.250 e. The third-order valence-corrected chi connectivity index (χ3v) is 4.06. The fourth-order valence-corrected chi connectivity index (χ4v) is 2.71. The molecule has 0 aliphatic carbocycles. The largest absolute Gasteiger partial charge is 0.492 e. The van der Waals surface area contributed by atoms with Gasteiger partial charge < -0.3 is 10.5 Å². The highest BCUT2D eigenvalue weighted by Crippen LogP contribution is 2.16. The first kappa shape index (κ1) is 15.8. The number of nitrogens with two attached hydrogens (primary N) is 1. The van der Waals surface area contributed by atoms with Gasteiger partial charge in [0.25, 0.3) is 5.91 Å². The molecule has 0 atom stereocenters. The van der Waals surface area contributed by atoms with Crippen molar-refractivity contribution in [1.29, 1.82) is 0 Å². The Morgan fingerprint density at radius 3 is 2.36 bits per heavy atom. The van der Waals surface area contributed by atoms with Gasteiger partial charge in [-0.1, -0.05) is 30.3 Å². The van der Waals surface area contributed by atoms with Gasteiger partial charge in [0.15, 0.2) is 0 Å². The zero-order chi connectivity index (χ0) is 16.0. The van der Waals surface area contributed by atoms with Gasteiger partial charge in [-0.3, -0.25) is 9.52 Å². The molecule has 0 fully saturated rings. The number of hydrogen-bond donors (Lipinski definition) is 2. The van der Waals surface area contributed by atoms with E-state index in [1.807, 2.05) is 6.07 Å². The minimum Gasteiger partial charge on any atom is -0.492 e. The normalized spacial score (nSPS) is 10.9. The Kier molecular flexibility index (Phi) is 5.00. The summed E-state index contributed by atoms with van der Waals surface area (Å²) >= 11 is 0. The molecule has 2 aromatic carbocycles. The molecule has 0 radical (unpaired) electrons. The molecule has 22 heavy (non-hydrogen) atoms. The molecule has 2 aromatic rings. The fourth-order valence-electron chi connectivity index (χ4n) is 1.79. The summed E-state index contributed by atoms with van der Waals surface area (Å²) in [6, 6.07) is 15.1. The predicted octanol–water partition coefficient (Wildman–Crippen LogP) is 1.61. The number of carbonyl (C=O) groups excluding carboxylic acids is 1. The van der Waals surface area contributed by atoms with Crippen molar-refractivity contribution in [1.82, 2.24) is 0 Å². The van der Waals surface area contributed by atoms with Crippen LogP contribution in [-0.2, 0) is 10.0 Å². The van der Waals surface area contributed by atoms with Crippen molar-refractivity contribution in [2.45, 2.75) is 0 Å². The van der Waals surface area contributed by atoms with Gasteiger partial charge in [0.05, 0.1) is 11.3 Å². The van der Waals surface area contributed by atoms with Crippen LogP contribution < -0.4 is 15.2 Å². The average molecular weight is 320 g/mol. The maximum atomic E-state index is 12.0. The van der Waals surface area contributed by atoms with E-state index in [1.165, 1.54) is 12.1 Å². The maximum absolute atomic E-state index is 12.0. The molecule has 1 amide bonds. The van der Waals surface area contributed by atoms with Gasteiger partial charge in [-0.25, -0.2) is 8.42 Å². The van der Waals surface area contributed by atoms with Gasteiger partial charge in [0.2, 0.25) is 10.0 Å². The van der Waals surface area contributed by atoms with Crippen LogP contribution in [0.2, 0.25) is 0 Å². The van der Waals surface area contributed by atoms with E-state index in [0.717, 1.165) is 0 Å². The van der Waals surface area contributed by atoms with Crippen molar-refractivity contribution >= 4 is 21.6 Å². The zero-order valence-electron chi connectivity index (χ0n) is 11.7. The summed E-state index contributed by atoms with van der Waals surface area (Å²) in [4.78, 5) is 11.3. The van der Waals surface area contributed by atoms with Crippen LogP contribution in [-0.4, -0.2) is 26.7 Å². The Bertz CT molecular complexity index is 745. The number of nitrogens with one attached hydrogen (secondary N) is 1. The van der Waals surface area contributed by atoms with E-state index >= 15 is 0 Å². The number of benzene rings is 2. The third-order valence-electron chi connectivity index (χ3n) is 2.82. The van der Waals surface area contributed by atoms with E-state index < -0.39 is 15.9 Å². The van der Waals surface area contributed by atoms with Crippen molar-refractivity contribution in [3.8, 4) is 5.75 Å². The Labute approximate surface area is 129 Å². The second-order valence-corrected chi connectivity index (χ2v) is 6.33. The second kappa shape index (κ2) is 6.95. The lowest BCUT2D eigenvalue weighted by atomic mass is 10.2. The first-order valence-corrected chi connectivity index (χ1v) is 8.20. The molecule has 7 heteroatoms. The van der Waals surface area contributed by atoms with Crippen LogP contribution in [0, 0.1) is 0 Å². The number of primary amides is 1. The SMILES string of the molecule is NC(=O)c1ccccc1NS(=O)(=O)CCOc1ccccc1. The van der Waals surface area contributed by atoms with E-state index in [4.69, 9.17) is 10.5 Å². The van der Waals surface area contributed by atoms with Crippen molar-refractivity contribution in [3.05, 3.63) is 60.2 Å². The van der Waals surface area contributed by atoms with Crippen LogP contribution in [0.15, 0.2) is 54.6 Å². The predicted molar refractivity (Wildman–Crippen MR) is 84.3 cm³/mol. The summed E-state index contributed by atoms with van der Waals surface area (Å²) in [6.07, 6.45) is 0. The number of hydrogen-bond acceptors (Lipinski definition) is 4. The number of anilines is 1. The summed E-state index contributed by atoms with van der Waals surface area (Å²) < 4.78 is 31.7. The highest BCUT2D eigenvalue weighted by atomic mass is 32.2. The van der Waals surface area contributed by atoms with Crippen LogP contribution in [0.25, 0.3) is 0 Å². The molecule has 0 bridgehead atoms. The van der Waals surface area contributed by atoms with E-state index in [9.17, 15) is 13.2 Å². The fraction of sp³-hybridized carbons (Fsp3) is 0.133. The minimum atomic E-state index is -3.64. The second-order valence-electron chi connectivity index (χ2n) is 4.49. The number of para-hydroxylation sites is 2. The topological polar surface area (TPSA) is 98.5 Å². The van der Waals surface area contributed by atoms with Crippen molar-refractivity contribution < 1.29 is 17.9 Å². The minimum absolute atomic E-state index is 0.00190. The van der Waals surface area contributed by atoms with Gasteiger partial charge in [0, 0.05) is 0 Å². The number of sulfonamides is 1. The molecule has 116 valence electrons. The number of amides is 1. The van der Waals surface area contributed by atoms with E-state index in [-0.39, 0.29) is 23.6 Å². The molecular weight excluding hydrogens is 304 g/mol. The molecule has 0 aromatic heterocycles. The smallest absolute Gasteiger partial charge is 0.250 e. The Morgan fingerprint density at radius 1 is 1.05 bits per heavy atom. The van der Waals surface area contributed by atoms with E-state index in [2.05, 4.69) is 4.72 Å². The van der Waals surface area contributed by atoms with Crippen LogP contribution in [0.5, 0.6) is 5.75 Å². The number of rotatable bonds is 7. The molecular formula is C15H16N2O4S. The molecule has 0 saturated heterocycles. The summed E-state index contributed by atoms with van der Waals surface area (Å²) in [5.41, 5.74) is 5.49. The molecule has 0 heterocycles. The molecule has 6 nitrogen and oxygen atoms in total. The van der Waals surface area contributed by atoms with Crippen LogP contribution >= 0.6 is 0 Å². The van der Waals surface area contributed by atoms with Gasteiger partial charge in [-0.2, -0.15) is 0 Å². The third kappa shape index (κ3) is 4.49. The zero-order valence-corrected chi connectivity index (χ0v) is 12.5. The Balaban J connectivity index is 1.98. The summed E-state index contributed by atoms with van der Waals surface area (Å²) in [5.74, 6) is -0.344. The monoisotopic (exact) mass is 320 g/mol. The van der Waals surface area contributed by atoms with E-state index in [1.54, 1.807) is 36.4 Å². The van der Waals surface area contributed by atoms with Gasteiger partial charge in [0.1, 0.15) is 18.1 Å². The summed E-state index contributed by atoms with van der Waals surface area (Å²) in [7, 11) is -3.64.